The fraction of sp³-hybridized carbons (Fsp3) is 0.375. The standard InChI is InChI=1S/C16H18N6O/c1-21-11-13(10-19-21)16(23)20-14-4-6-22(7-5-14)15-3-2-12(8-17)9-18-15/h2-3,9-11,14H,4-7H2,1H3,(H,20,23). The van der Waals surface area contributed by atoms with Crippen LogP contribution >= 0.6 is 0 Å². The maximum absolute atomic E-state index is 12.1. The minimum atomic E-state index is -0.0759. The molecule has 0 saturated carbocycles. The van der Waals surface area contributed by atoms with E-state index in [4.69, 9.17) is 5.26 Å². The van der Waals surface area contributed by atoms with Crippen molar-refractivity contribution in [3.63, 3.8) is 0 Å². The first-order valence-corrected chi connectivity index (χ1v) is 7.56. The number of carbonyl (C=O) groups is 1. The molecule has 0 aromatic carbocycles. The van der Waals surface area contributed by atoms with Gasteiger partial charge in [-0.15, -0.1) is 0 Å². The number of aromatic nitrogens is 3. The number of nitrogens with one attached hydrogen (secondary N) is 1. The average molecular weight is 310 g/mol. The zero-order valence-corrected chi connectivity index (χ0v) is 12.9. The van der Waals surface area contributed by atoms with Gasteiger partial charge in [-0.1, -0.05) is 0 Å². The first-order chi connectivity index (χ1) is 11.2. The van der Waals surface area contributed by atoms with Gasteiger partial charge in [0, 0.05) is 38.6 Å². The average Bonchev–Trinajstić information content (AvgIpc) is 3.02. The minimum Gasteiger partial charge on any atom is -0.356 e. The van der Waals surface area contributed by atoms with Gasteiger partial charge in [0.25, 0.3) is 5.91 Å². The maximum atomic E-state index is 12.1. The molecule has 1 saturated heterocycles. The van der Waals surface area contributed by atoms with E-state index < -0.39 is 0 Å². The van der Waals surface area contributed by atoms with Crippen molar-refractivity contribution < 1.29 is 4.79 Å². The zero-order valence-electron chi connectivity index (χ0n) is 12.9. The van der Waals surface area contributed by atoms with E-state index >= 15 is 0 Å². The zero-order chi connectivity index (χ0) is 16.2. The number of nitriles is 1. The van der Waals surface area contributed by atoms with E-state index in [1.165, 1.54) is 0 Å². The number of pyridine rings is 1. The molecule has 7 nitrogen and oxygen atoms in total. The second-order valence-electron chi connectivity index (χ2n) is 5.65. The summed E-state index contributed by atoms with van der Waals surface area (Å²) in [6.45, 7) is 1.66. The summed E-state index contributed by atoms with van der Waals surface area (Å²) in [4.78, 5) is 18.6. The van der Waals surface area contributed by atoms with Crippen molar-refractivity contribution >= 4 is 11.7 Å². The molecule has 0 radical (unpaired) electrons. The number of nitrogens with zero attached hydrogens (tertiary/aromatic N) is 5. The molecule has 0 spiro atoms. The maximum Gasteiger partial charge on any atom is 0.254 e. The third kappa shape index (κ3) is 3.48. The molecule has 3 rings (SSSR count). The summed E-state index contributed by atoms with van der Waals surface area (Å²) in [5, 5.41) is 15.9. The van der Waals surface area contributed by atoms with Crippen LogP contribution in [0.3, 0.4) is 0 Å². The fourth-order valence-corrected chi connectivity index (χ4v) is 2.70. The molecule has 1 aliphatic rings. The van der Waals surface area contributed by atoms with Crippen LogP contribution in [-0.4, -0.2) is 39.8 Å². The third-order valence-electron chi connectivity index (χ3n) is 4.00. The molecule has 1 amide bonds. The molecular weight excluding hydrogens is 292 g/mol. The second-order valence-corrected chi connectivity index (χ2v) is 5.65. The molecule has 2 aromatic heterocycles. The number of rotatable bonds is 3. The number of anilines is 1. The molecule has 1 N–H and O–H groups in total. The van der Waals surface area contributed by atoms with Crippen LogP contribution in [0.5, 0.6) is 0 Å². The summed E-state index contributed by atoms with van der Waals surface area (Å²) in [5.41, 5.74) is 1.15. The van der Waals surface area contributed by atoms with Crippen molar-refractivity contribution in [2.75, 3.05) is 18.0 Å². The molecule has 3 heterocycles. The minimum absolute atomic E-state index is 0.0759. The summed E-state index contributed by atoms with van der Waals surface area (Å²) in [6.07, 6.45) is 6.61. The van der Waals surface area contributed by atoms with Crippen molar-refractivity contribution in [3.8, 4) is 6.07 Å². The highest BCUT2D eigenvalue weighted by Crippen LogP contribution is 2.18. The van der Waals surface area contributed by atoms with Gasteiger partial charge >= 0.3 is 0 Å². The Labute approximate surface area is 134 Å². The number of aryl methyl sites for hydroxylation is 1. The lowest BCUT2D eigenvalue weighted by Gasteiger charge is -2.33. The molecule has 0 atom stereocenters. The van der Waals surface area contributed by atoms with Crippen LogP contribution in [0.2, 0.25) is 0 Å². The van der Waals surface area contributed by atoms with Crippen molar-refractivity contribution in [2.24, 2.45) is 7.05 Å². The lowest BCUT2D eigenvalue weighted by molar-refractivity contribution is 0.0931. The summed E-state index contributed by atoms with van der Waals surface area (Å²) < 4.78 is 1.62. The highest BCUT2D eigenvalue weighted by molar-refractivity contribution is 5.93. The topological polar surface area (TPSA) is 86.8 Å². The van der Waals surface area contributed by atoms with E-state index in [0.717, 1.165) is 31.7 Å². The van der Waals surface area contributed by atoms with Gasteiger partial charge in [-0.3, -0.25) is 9.48 Å². The van der Waals surface area contributed by atoms with Gasteiger partial charge in [0.05, 0.1) is 17.3 Å². The molecule has 0 unspecified atom stereocenters. The lowest BCUT2D eigenvalue weighted by atomic mass is 10.0. The lowest BCUT2D eigenvalue weighted by Crippen LogP contribution is -2.44. The molecule has 1 aliphatic heterocycles. The van der Waals surface area contributed by atoms with Gasteiger partial charge < -0.3 is 10.2 Å². The Morgan fingerprint density at radius 1 is 1.35 bits per heavy atom. The Bertz CT molecular complexity index is 722. The first-order valence-electron chi connectivity index (χ1n) is 7.56. The predicted molar refractivity (Wildman–Crippen MR) is 84.9 cm³/mol. The van der Waals surface area contributed by atoms with E-state index in [-0.39, 0.29) is 11.9 Å². The predicted octanol–water partition coefficient (Wildman–Crippen LogP) is 1.09. The normalized spacial score (nSPS) is 15.2. The largest absolute Gasteiger partial charge is 0.356 e. The van der Waals surface area contributed by atoms with E-state index in [2.05, 4.69) is 26.4 Å². The van der Waals surface area contributed by atoms with Gasteiger partial charge in [-0.05, 0) is 25.0 Å². The number of piperidine rings is 1. The van der Waals surface area contributed by atoms with Crippen LogP contribution in [-0.2, 0) is 7.05 Å². The number of amides is 1. The van der Waals surface area contributed by atoms with E-state index in [1.54, 1.807) is 36.4 Å². The van der Waals surface area contributed by atoms with Crippen LogP contribution in [0.15, 0.2) is 30.7 Å². The van der Waals surface area contributed by atoms with Gasteiger partial charge in [-0.2, -0.15) is 10.4 Å². The molecule has 23 heavy (non-hydrogen) atoms. The van der Waals surface area contributed by atoms with Gasteiger partial charge in [0.1, 0.15) is 11.9 Å². The van der Waals surface area contributed by atoms with Gasteiger partial charge in [-0.25, -0.2) is 4.98 Å². The number of hydrogen-bond acceptors (Lipinski definition) is 5. The van der Waals surface area contributed by atoms with Gasteiger partial charge in [0.15, 0.2) is 0 Å². The Balaban J connectivity index is 1.53. The summed E-state index contributed by atoms with van der Waals surface area (Å²) in [5.74, 6) is 0.800. The number of hydrogen-bond donors (Lipinski definition) is 1. The molecule has 7 heteroatoms. The molecule has 1 fully saturated rings. The first kappa shape index (κ1) is 15.0. The SMILES string of the molecule is Cn1cc(C(=O)NC2CCN(c3ccc(C#N)cn3)CC2)cn1. The monoisotopic (exact) mass is 310 g/mol. The van der Waals surface area contributed by atoms with E-state index in [0.29, 0.717) is 11.1 Å². The van der Waals surface area contributed by atoms with Crippen LogP contribution in [0, 0.1) is 11.3 Å². The van der Waals surface area contributed by atoms with E-state index in [9.17, 15) is 4.79 Å². The van der Waals surface area contributed by atoms with Crippen molar-refractivity contribution in [3.05, 3.63) is 41.9 Å². The molecular formula is C16H18N6O. The number of carbonyl (C=O) groups excluding carboxylic acids is 1. The smallest absolute Gasteiger partial charge is 0.254 e. The summed E-state index contributed by atoms with van der Waals surface area (Å²) >= 11 is 0. The van der Waals surface area contributed by atoms with Crippen LogP contribution < -0.4 is 10.2 Å². The Hall–Kier alpha value is -2.88. The van der Waals surface area contributed by atoms with Crippen molar-refractivity contribution in [1.82, 2.24) is 20.1 Å². The Kier molecular flexibility index (Phi) is 4.24. The van der Waals surface area contributed by atoms with Gasteiger partial charge in [0.2, 0.25) is 0 Å². The summed E-state index contributed by atoms with van der Waals surface area (Å²) in [7, 11) is 1.79. The van der Waals surface area contributed by atoms with Crippen LogP contribution in [0.25, 0.3) is 0 Å². The van der Waals surface area contributed by atoms with Crippen molar-refractivity contribution in [2.45, 2.75) is 18.9 Å². The fourth-order valence-electron chi connectivity index (χ4n) is 2.70. The Morgan fingerprint density at radius 2 is 2.13 bits per heavy atom. The molecule has 0 aliphatic carbocycles. The highest BCUT2D eigenvalue weighted by atomic mass is 16.1. The van der Waals surface area contributed by atoms with Crippen LogP contribution in [0.4, 0.5) is 5.82 Å². The Morgan fingerprint density at radius 3 is 2.70 bits per heavy atom. The molecule has 118 valence electrons. The summed E-state index contributed by atoms with van der Waals surface area (Å²) in [6, 6.07) is 5.88. The van der Waals surface area contributed by atoms with Crippen molar-refractivity contribution in [1.29, 1.82) is 5.26 Å². The molecule has 2 aromatic rings. The molecule has 0 bridgehead atoms. The van der Waals surface area contributed by atoms with Crippen LogP contribution in [0.1, 0.15) is 28.8 Å². The highest BCUT2D eigenvalue weighted by Gasteiger charge is 2.22. The second kappa shape index (κ2) is 6.48. The van der Waals surface area contributed by atoms with E-state index in [1.807, 2.05) is 6.07 Å². The quantitative estimate of drug-likeness (QED) is 0.917. The third-order valence-corrected chi connectivity index (χ3v) is 4.00.